The Hall–Kier alpha value is -3.00. The third kappa shape index (κ3) is 4.45. The quantitative estimate of drug-likeness (QED) is 0.730. The van der Waals surface area contributed by atoms with Crippen molar-refractivity contribution in [2.75, 3.05) is 36.4 Å². The summed E-state index contributed by atoms with van der Waals surface area (Å²) in [5, 5.41) is 3.63. The van der Waals surface area contributed by atoms with Crippen molar-refractivity contribution >= 4 is 28.4 Å². The van der Waals surface area contributed by atoms with E-state index in [2.05, 4.69) is 31.7 Å². The summed E-state index contributed by atoms with van der Waals surface area (Å²) in [4.78, 5) is 20.9. The maximum absolute atomic E-state index is 13.3. The van der Waals surface area contributed by atoms with Crippen molar-refractivity contribution in [2.24, 2.45) is 0 Å². The molecule has 4 rings (SSSR count). The number of hydrogen-bond donors (Lipinski definition) is 1. The average molecular weight is 397 g/mol. The number of urea groups is 1. The number of amides is 2. The van der Waals surface area contributed by atoms with Crippen molar-refractivity contribution in [3.8, 4) is 0 Å². The molecule has 144 valence electrons. The van der Waals surface area contributed by atoms with Crippen LogP contribution in [0.15, 0.2) is 54.6 Å². The summed E-state index contributed by atoms with van der Waals surface area (Å²) < 4.78 is 17.7. The van der Waals surface area contributed by atoms with Crippen molar-refractivity contribution < 1.29 is 9.18 Å². The fraction of sp³-hybridized carbons (Fsp3) is 0.250. The average Bonchev–Trinajstić information content (AvgIpc) is 3.17. The van der Waals surface area contributed by atoms with Crippen LogP contribution in [0.3, 0.4) is 0 Å². The minimum atomic E-state index is -0.370. The van der Waals surface area contributed by atoms with Gasteiger partial charge in [0.05, 0.1) is 0 Å². The molecule has 0 spiro atoms. The van der Waals surface area contributed by atoms with Gasteiger partial charge in [0.15, 0.2) is 0 Å². The fourth-order valence-electron chi connectivity index (χ4n) is 3.09. The summed E-state index contributed by atoms with van der Waals surface area (Å²) in [5.74, 6) is 0.447. The summed E-state index contributed by atoms with van der Waals surface area (Å²) in [6.07, 6.45) is 0.716. The van der Waals surface area contributed by atoms with E-state index in [1.807, 2.05) is 18.2 Å². The van der Waals surface area contributed by atoms with Gasteiger partial charge in [0.25, 0.3) is 0 Å². The second-order valence-electron chi connectivity index (χ2n) is 6.57. The first-order chi connectivity index (χ1) is 13.7. The molecule has 1 aromatic heterocycles. The van der Waals surface area contributed by atoms with E-state index in [4.69, 9.17) is 0 Å². The molecule has 2 heterocycles. The molecule has 0 unspecified atom stereocenters. The van der Waals surface area contributed by atoms with Gasteiger partial charge in [-0.25, -0.2) is 14.2 Å². The lowest BCUT2D eigenvalue weighted by molar-refractivity contribution is 0.208. The van der Waals surface area contributed by atoms with Gasteiger partial charge >= 0.3 is 6.03 Å². The molecule has 1 aliphatic heterocycles. The van der Waals surface area contributed by atoms with Crippen molar-refractivity contribution in [1.29, 1.82) is 0 Å². The Balaban J connectivity index is 1.31. The second kappa shape index (κ2) is 8.35. The molecule has 0 aliphatic carbocycles. The highest BCUT2D eigenvalue weighted by Gasteiger charge is 2.23. The van der Waals surface area contributed by atoms with E-state index in [-0.39, 0.29) is 11.8 Å². The van der Waals surface area contributed by atoms with Crippen LogP contribution in [0.2, 0.25) is 0 Å². The van der Waals surface area contributed by atoms with Gasteiger partial charge in [0.2, 0.25) is 5.13 Å². The number of carbonyl (C=O) groups excluding carboxylic acids is 1. The highest BCUT2D eigenvalue weighted by atomic mass is 32.1. The van der Waals surface area contributed by atoms with E-state index in [1.165, 1.54) is 29.2 Å². The molecule has 1 N–H and O–H groups in total. The predicted octanol–water partition coefficient (Wildman–Crippen LogP) is 3.62. The van der Waals surface area contributed by atoms with E-state index in [1.54, 1.807) is 17.0 Å². The smallest absolute Gasteiger partial charge is 0.321 e. The van der Waals surface area contributed by atoms with Gasteiger partial charge in [0.1, 0.15) is 11.6 Å². The zero-order valence-electron chi connectivity index (χ0n) is 15.2. The molecule has 1 fully saturated rings. The summed E-state index contributed by atoms with van der Waals surface area (Å²) in [7, 11) is 0. The maximum Gasteiger partial charge on any atom is 0.321 e. The van der Waals surface area contributed by atoms with Crippen molar-refractivity contribution in [3.05, 3.63) is 71.8 Å². The third-order valence-corrected chi connectivity index (χ3v) is 5.39. The molecule has 6 nitrogen and oxygen atoms in total. The largest absolute Gasteiger partial charge is 0.343 e. The third-order valence-electron chi connectivity index (χ3n) is 4.58. The van der Waals surface area contributed by atoms with Gasteiger partial charge in [0, 0.05) is 49.8 Å². The number of piperazine rings is 1. The number of halogens is 1. The van der Waals surface area contributed by atoms with E-state index >= 15 is 0 Å². The first kappa shape index (κ1) is 18.4. The minimum absolute atomic E-state index is 0.215. The number of anilines is 2. The topological polar surface area (TPSA) is 61.4 Å². The number of aromatic nitrogens is 2. The summed E-state index contributed by atoms with van der Waals surface area (Å²) in [6.45, 7) is 2.54. The van der Waals surface area contributed by atoms with Crippen molar-refractivity contribution in [3.63, 3.8) is 0 Å². The lowest BCUT2D eigenvalue weighted by Gasteiger charge is -2.34. The van der Waals surface area contributed by atoms with Gasteiger partial charge < -0.3 is 15.1 Å². The minimum Gasteiger partial charge on any atom is -0.343 e. The Labute approximate surface area is 166 Å². The summed E-state index contributed by atoms with van der Waals surface area (Å²) in [6, 6.07) is 15.8. The molecule has 28 heavy (non-hydrogen) atoms. The molecule has 1 aliphatic rings. The number of benzene rings is 2. The van der Waals surface area contributed by atoms with Crippen LogP contribution >= 0.6 is 11.5 Å². The Morgan fingerprint density at radius 1 is 1.07 bits per heavy atom. The van der Waals surface area contributed by atoms with Gasteiger partial charge in [-0.05, 0) is 23.8 Å². The molecule has 0 radical (unpaired) electrons. The van der Waals surface area contributed by atoms with Crippen LogP contribution in [-0.2, 0) is 6.42 Å². The summed E-state index contributed by atoms with van der Waals surface area (Å²) in [5.41, 5.74) is 1.65. The van der Waals surface area contributed by atoms with Crippen LogP contribution in [0.25, 0.3) is 0 Å². The Morgan fingerprint density at radius 2 is 1.86 bits per heavy atom. The van der Waals surface area contributed by atoms with Crippen LogP contribution in [0.5, 0.6) is 0 Å². The van der Waals surface area contributed by atoms with Gasteiger partial charge in [-0.3, -0.25) is 0 Å². The SMILES string of the molecule is O=C(Nc1cccc(F)c1)N1CCN(c2nc(Cc3ccccc3)ns2)CC1. The first-order valence-corrected chi connectivity index (χ1v) is 9.88. The Kier molecular flexibility index (Phi) is 5.48. The molecule has 0 saturated carbocycles. The Bertz CT molecular complexity index is 941. The normalized spacial score (nSPS) is 14.2. The number of rotatable bonds is 4. The maximum atomic E-state index is 13.3. The van der Waals surface area contributed by atoms with Crippen LogP contribution in [0, 0.1) is 5.82 Å². The van der Waals surface area contributed by atoms with Crippen LogP contribution < -0.4 is 10.2 Å². The summed E-state index contributed by atoms with van der Waals surface area (Å²) >= 11 is 1.39. The van der Waals surface area contributed by atoms with Gasteiger partial charge in [-0.2, -0.15) is 4.37 Å². The zero-order chi connectivity index (χ0) is 19.3. The van der Waals surface area contributed by atoms with Crippen molar-refractivity contribution in [2.45, 2.75) is 6.42 Å². The highest BCUT2D eigenvalue weighted by Crippen LogP contribution is 2.21. The molecule has 0 bridgehead atoms. The van der Waals surface area contributed by atoms with E-state index in [9.17, 15) is 9.18 Å². The molecule has 2 amide bonds. The molecule has 1 saturated heterocycles. The van der Waals surface area contributed by atoms with Crippen LogP contribution in [0.1, 0.15) is 11.4 Å². The molecule has 2 aromatic carbocycles. The monoisotopic (exact) mass is 397 g/mol. The molecular formula is C20H20FN5OS. The second-order valence-corrected chi connectivity index (χ2v) is 7.30. The highest BCUT2D eigenvalue weighted by molar-refractivity contribution is 7.09. The molecule has 8 heteroatoms. The molecule has 0 atom stereocenters. The number of nitrogens with zero attached hydrogens (tertiary/aromatic N) is 4. The van der Waals surface area contributed by atoms with E-state index < -0.39 is 0 Å². The fourth-order valence-corrected chi connectivity index (χ4v) is 3.83. The van der Waals surface area contributed by atoms with Gasteiger partial charge in [-0.1, -0.05) is 36.4 Å². The molecule has 3 aromatic rings. The zero-order valence-corrected chi connectivity index (χ0v) is 16.0. The molecular weight excluding hydrogens is 377 g/mol. The predicted molar refractivity (Wildman–Crippen MR) is 108 cm³/mol. The van der Waals surface area contributed by atoms with Crippen molar-refractivity contribution in [1.82, 2.24) is 14.3 Å². The Morgan fingerprint density at radius 3 is 2.61 bits per heavy atom. The van der Waals surface area contributed by atoms with Gasteiger partial charge in [-0.15, -0.1) is 0 Å². The number of nitrogens with one attached hydrogen (secondary N) is 1. The first-order valence-electron chi connectivity index (χ1n) is 9.10. The van der Waals surface area contributed by atoms with Crippen LogP contribution in [0.4, 0.5) is 20.0 Å². The lowest BCUT2D eigenvalue weighted by atomic mass is 10.1. The lowest BCUT2D eigenvalue weighted by Crippen LogP contribution is -2.50. The van der Waals surface area contributed by atoms with Crippen LogP contribution in [-0.4, -0.2) is 46.5 Å². The standard InChI is InChI=1S/C20H20FN5OS/c21-16-7-4-8-17(14-16)22-19(27)25-9-11-26(12-10-25)20-23-18(24-28-20)13-15-5-2-1-3-6-15/h1-8,14H,9-13H2,(H,22,27). The van der Waals surface area contributed by atoms with E-state index in [0.717, 1.165) is 11.0 Å². The number of carbonyl (C=O) groups is 1. The van der Waals surface area contributed by atoms with E-state index in [0.29, 0.717) is 38.3 Å². The number of hydrogen-bond acceptors (Lipinski definition) is 5.